The van der Waals surface area contributed by atoms with Crippen LogP contribution in [0.3, 0.4) is 0 Å². The fourth-order valence-electron chi connectivity index (χ4n) is 0.0645. The summed E-state index contributed by atoms with van der Waals surface area (Å²) in [5.41, 5.74) is 0. The summed E-state index contributed by atoms with van der Waals surface area (Å²) in [6.07, 6.45) is 0. The van der Waals surface area contributed by atoms with E-state index < -0.39 is 0 Å². The number of hydrogen-bond donors (Lipinski definition) is 1. The van der Waals surface area contributed by atoms with E-state index in [2.05, 4.69) is 29.6 Å². The van der Waals surface area contributed by atoms with E-state index in [9.17, 15) is 4.79 Å². The Morgan fingerprint density at radius 3 is 2.00 bits per heavy atom. The summed E-state index contributed by atoms with van der Waals surface area (Å²) in [6, 6.07) is 0. The molecule has 0 bridgehead atoms. The Hall–Kier alpha value is 0.490. The molecule has 0 saturated carbocycles. The maximum Gasteiger partial charge on any atom is 0.315 e. The van der Waals surface area contributed by atoms with Gasteiger partial charge in [0.2, 0.25) is 0 Å². The van der Waals surface area contributed by atoms with E-state index in [0.717, 1.165) is 0 Å². The van der Waals surface area contributed by atoms with Crippen LogP contribution in [0.15, 0.2) is 0 Å². The average Bonchev–Trinajstić information content (AvgIpc) is 1.85. The maximum atomic E-state index is 9.88. The zero-order chi connectivity index (χ0) is 8.57. The van der Waals surface area contributed by atoms with Gasteiger partial charge in [0, 0.05) is 0 Å². The Bertz CT molecular complexity index is 108. The fraction of sp³-hybridized carbons (Fsp3) is 0.500. The molecule has 0 spiro atoms. The van der Waals surface area contributed by atoms with E-state index in [1.54, 1.807) is 0 Å². The van der Waals surface area contributed by atoms with Crippen molar-refractivity contribution >= 4 is 57.8 Å². The van der Waals surface area contributed by atoms with Crippen LogP contribution in [-0.2, 0) is 9.53 Å². The Kier molecular flexibility index (Phi) is 12.4. The van der Waals surface area contributed by atoms with Crippen LogP contribution in [-0.4, -0.2) is 22.6 Å². The number of carbonyl (C=O) groups excluding carboxylic acids is 1. The Morgan fingerprint density at radius 2 is 2.00 bits per heavy atom. The number of methoxy groups -OCH3 is 1. The Labute approximate surface area is 80.2 Å². The first-order chi connectivity index (χ1) is 4.54. The van der Waals surface area contributed by atoms with Crippen molar-refractivity contribution in [1.29, 1.82) is 0 Å². The molecule has 0 unspecified atom stereocenters. The largest absolute Gasteiger partial charge is 0.468 e. The number of hydrogen-bond acceptors (Lipinski definition) is 4. The molecule has 10 heavy (non-hydrogen) atoms. The molecule has 0 fully saturated rings. The Morgan fingerprint density at radius 1 is 1.70 bits per heavy atom. The second kappa shape index (κ2) is 9.49. The molecule has 60 valence electrons. The van der Waals surface area contributed by atoms with Crippen LogP contribution in [0.5, 0.6) is 0 Å². The van der Waals surface area contributed by atoms with E-state index in [4.69, 9.17) is 23.2 Å². The van der Waals surface area contributed by atoms with Crippen molar-refractivity contribution in [2.75, 3.05) is 12.9 Å². The first-order valence-corrected chi connectivity index (χ1v) is 3.86. The van der Waals surface area contributed by atoms with Crippen LogP contribution in [0.4, 0.5) is 0 Å². The van der Waals surface area contributed by atoms with Crippen molar-refractivity contribution < 1.29 is 9.53 Å². The maximum absolute atomic E-state index is 9.88. The highest BCUT2D eigenvalue weighted by molar-refractivity contribution is 7.86. The van der Waals surface area contributed by atoms with Crippen LogP contribution in [0.2, 0.25) is 0 Å². The van der Waals surface area contributed by atoms with Crippen LogP contribution < -0.4 is 0 Å². The zero-order valence-electron chi connectivity index (χ0n) is 5.13. The van der Waals surface area contributed by atoms with Crippen LogP contribution in [0.1, 0.15) is 0 Å². The summed E-state index contributed by atoms with van der Waals surface area (Å²) in [5, 5.41) is 0. The number of carbonyl (C=O) groups is 1. The van der Waals surface area contributed by atoms with Gasteiger partial charge < -0.3 is 4.74 Å². The van der Waals surface area contributed by atoms with Gasteiger partial charge in [-0.2, -0.15) is 12.6 Å². The van der Waals surface area contributed by atoms with E-state index >= 15 is 0 Å². The molecule has 0 rings (SSSR count). The molecule has 0 aliphatic heterocycles. The lowest BCUT2D eigenvalue weighted by atomic mass is 10.8. The number of rotatable bonds is 1. The fourth-order valence-corrected chi connectivity index (χ4v) is 0.194. The molecule has 0 heterocycles. The first-order valence-electron chi connectivity index (χ1n) is 2.07. The van der Waals surface area contributed by atoms with Gasteiger partial charge in [0.25, 0.3) is 0 Å². The minimum atomic E-state index is -0.293. The topological polar surface area (TPSA) is 26.3 Å². The molecule has 0 aliphatic carbocycles. The smallest absolute Gasteiger partial charge is 0.315 e. The SMILES string of the molecule is COC(=O)CS.S=C(Cl)Cl. The molecule has 0 radical (unpaired) electrons. The van der Waals surface area contributed by atoms with Crippen molar-refractivity contribution in [2.45, 2.75) is 0 Å². The molecule has 0 N–H and O–H groups in total. The summed E-state index contributed by atoms with van der Waals surface area (Å²) in [5.74, 6) is -0.130. The molecule has 0 atom stereocenters. The van der Waals surface area contributed by atoms with Gasteiger partial charge in [0.1, 0.15) is 0 Å². The van der Waals surface area contributed by atoms with Gasteiger partial charge in [-0.3, -0.25) is 4.79 Å². The number of thiocarbonyl (C=S) groups is 1. The lowest BCUT2D eigenvalue weighted by Gasteiger charge is -1.86. The van der Waals surface area contributed by atoms with Gasteiger partial charge in [0.15, 0.2) is 3.78 Å². The molecule has 0 saturated heterocycles. The second-order valence-electron chi connectivity index (χ2n) is 0.960. The van der Waals surface area contributed by atoms with Gasteiger partial charge >= 0.3 is 5.97 Å². The molecule has 0 aromatic rings. The summed E-state index contributed by atoms with van der Waals surface area (Å²) >= 11 is 17.2. The summed E-state index contributed by atoms with van der Waals surface area (Å²) in [4.78, 5) is 9.88. The Balaban J connectivity index is 0. The third kappa shape index (κ3) is 23.6. The van der Waals surface area contributed by atoms with Crippen molar-refractivity contribution in [1.82, 2.24) is 0 Å². The number of esters is 1. The van der Waals surface area contributed by atoms with E-state index in [-0.39, 0.29) is 15.5 Å². The van der Waals surface area contributed by atoms with Gasteiger partial charge in [0.05, 0.1) is 12.9 Å². The first kappa shape index (κ1) is 13.1. The van der Waals surface area contributed by atoms with Crippen molar-refractivity contribution in [2.24, 2.45) is 0 Å². The predicted molar refractivity (Wildman–Crippen MR) is 50.2 cm³/mol. The van der Waals surface area contributed by atoms with Gasteiger partial charge in [-0.1, -0.05) is 35.4 Å². The normalized spacial score (nSPS) is 7.20. The highest BCUT2D eigenvalue weighted by Gasteiger charge is 1.88. The van der Waals surface area contributed by atoms with E-state index in [1.807, 2.05) is 0 Å². The lowest BCUT2D eigenvalue weighted by molar-refractivity contribution is -0.137. The molecule has 6 heteroatoms. The highest BCUT2D eigenvalue weighted by Crippen LogP contribution is 1.86. The predicted octanol–water partition coefficient (Wildman–Crippen LogP) is 1.84. The van der Waals surface area contributed by atoms with Crippen LogP contribution in [0, 0.1) is 0 Å². The van der Waals surface area contributed by atoms with Crippen LogP contribution in [0.25, 0.3) is 0 Å². The summed E-state index contributed by atoms with van der Waals surface area (Å²) < 4.78 is 4.13. The highest BCUT2D eigenvalue weighted by atomic mass is 35.5. The van der Waals surface area contributed by atoms with Gasteiger partial charge in [-0.25, -0.2) is 0 Å². The lowest BCUT2D eigenvalue weighted by Crippen LogP contribution is -1.99. The van der Waals surface area contributed by atoms with Crippen molar-refractivity contribution in [3.8, 4) is 0 Å². The van der Waals surface area contributed by atoms with Crippen molar-refractivity contribution in [3.05, 3.63) is 0 Å². The number of halogens is 2. The molecule has 0 aromatic heterocycles. The second-order valence-corrected chi connectivity index (χ2v) is 3.08. The molecule has 0 aromatic carbocycles. The number of ether oxygens (including phenoxy) is 1. The van der Waals surface area contributed by atoms with Crippen LogP contribution >= 0.6 is 48.0 Å². The molecular weight excluding hydrogens is 215 g/mol. The summed E-state index contributed by atoms with van der Waals surface area (Å²) in [7, 11) is 1.33. The molecule has 2 nitrogen and oxygen atoms in total. The molecular formula is C4H6Cl2O2S2. The molecule has 0 aliphatic rings. The standard InChI is InChI=1S/C3H6O2S.CCl2S/c1-5-3(4)2-6;2-1(3)4/h6H,2H2,1H3;. The third-order valence-electron chi connectivity index (χ3n) is 0.357. The van der Waals surface area contributed by atoms with Gasteiger partial charge in [-0.05, 0) is 0 Å². The minimum Gasteiger partial charge on any atom is -0.468 e. The summed E-state index contributed by atoms with van der Waals surface area (Å²) in [6.45, 7) is 0. The van der Waals surface area contributed by atoms with Crippen molar-refractivity contribution in [3.63, 3.8) is 0 Å². The number of thiol groups is 1. The molecule has 0 amide bonds. The monoisotopic (exact) mass is 220 g/mol. The van der Waals surface area contributed by atoms with E-state index in [1.165, 1.54) is 7.11 Å². The van der Waals surface area contributed by atoms with Gasteiger partial charge in [-0.15, -0.1) is 0 Å². The minimum absolute atomic E-state index is 0.0556. The van der Waals surface area contributed by atoms with E-state index in [0.29, 0.717) is 0 Å². The average molecular weight is 221 g/mol. The zero-order valence-corrected chi connectivity index (χ0v) is 8.36. The quantitative estimate of drug-likeness (QED) is 0.316. The third-order valence-corrected chi connectivity index (χ3v) is 0.615.